The molecule has 3 rings (SSSR count). The number of anilines is 1. The highest BCUT2D eigenvalue weighted by molar-refractivity contribution is 7.92. The Kier molecular flexibility index (Phi) is 6.12. The fraction of sp³-hybridized carbons (Fsp3) is 0.286. The third-order valence-electron chi connectivity index (χ3n) is 4.39. The lowest BCUT2D eigenvalue weighted by Crippen LogP contribution is -2.14. The molecule has 0 radical (unpaired) electrons. The van der Waals surface area contributed by atoms with Crippen molar-refractivity contribution >= 4 is 21.8 Å². The highest BCUT2D eigenvalue weighted by Crippen LogP contribution is 2.18. The molecule has 1 amide bonds. The summed E-state index contributed by atoms with van der Waals surface area (Å²) in [7, 11) is -3.30. The molecule has 0 aliphatic rings. The second-order valence-electron chi connectivity index (χ2n) is 7.13. The number of rotatable bonds is 7. The van der Waals surface area contributed by atoms with E-state index < -0.39 is 15.1 Å². The summed E-state index contributed by atoms with van der Waals surface area (Å²) < 4.78 is 29.8. The molecule has 0 spiro atoms. The minimum Gasteiger partial charge on any atom is -0.407 e. The predicted octanol–water partition coefficient (Wildman–Crippen LogP) is 3.33. The monoisotopic (exact) mass is 413 g/mol. The van der Waals surface area contributed by atoms with Crippen molar-refractivity contribution in [3.63, 3.8) is 0 Å². The summed E-state index contributed by atoms with van der Waals surface area (Å²) >= 11 is 0. The van der Waals surface area contributed by atoms with Gasteiger partial charge in [0, 0.05) is 0 Å². The lowest BCUT2D eigenvalue weighted by Gasteiger charge is -2.08. The summed E-state index contributed by atoms with van der Waals surface area (Å²) in [4.78, 5) is 12.4. The van der Waals surface area contributed by atoms with E-state index in [1.54, 1.807) is 38.1 Å². The predicted molar refractivity (Wildman–Crippen MR) is 109 cm³/mol. The van der Waals surface area contributed by atoms with E-state index in [2.05, 4.69) is 15.5 Å². The highest BCUT2D eigenvalue weighted by Gasteiger charge is 2.19. The Morgan fingerprint density at radius 2 is 1.79 bits per heavy atom. The van der Waals surface area contributed by atoms with Crippen molar-refractivity contribution < 1.29 is 17.6 Å². The van der Waals surface area contributed by atoms with Gasteiger partial charge in [0.1, 0.15) is 0 Å². The zero-order chi connectivity index (χ0) is 21.0. The lowest BCUT2D eigenvalue weighted by atomic mass is 10.1. The molecular weight excluding hydrogens is 390 g/mol. The molecule has 0 aliphatic heterocycles. The number of hydrogen-bond acceptors (Lipinski definition) is 6. The summed E-state index contributed by atoms with van der Waals surface area (Å²) in [6, 6.07) is 14.3. The van der Waals surface area contributed by atoms with Gasteiger partial charge < -0.3 is 4.42 Å². The first-order chi connectivity index (χ1) is 13.7. The second kappa shape index (κ2) is 8.57. The molecule has 1 N–H and O–H groups in total. The van der Waals surface area contributed by atoms with Gasteiger partial charge in [-0.15, -0.1) is 5.10 Å². The van der Waals surface area contributed by atoms with Gasteiger partial charge in [-0.05, 0) is 44.0 Å². The molecule has 2 aromatic carbocycles. The SMILES string of the molecule is Cc1cccc(CC(=O)Nc2nnc(Cc3ccc(S(=O)(=O)C(C)C)cc3)o2)c1. The van der Waals surface area contributed by atoms with E-state index in [-0.39, 0.29) is 23.2 Å². The van der Waals surface area contributed by atoms with Crippen molar-refractivity contribution in [3.05, 3.63) is 71.1 Å². The van der Waals surface area contributed by atoms with Crippen LogP contribution in [0.2, 0.25) is 0 Å². The molecule has 0 saturated carbocycles. The van der Waals surface area contributed by atoms with Crippen LogP contribution < -0.4 is 5.32 Å². The zero-order valence-electron chi connectivity index (χ0n) is 16.5. The van der Waals surface area contributed by atoms with Crippen molar-refractivity contribution in [3.8, 4) is 0 Å². The molecule has 152 valence electrons. The first-order valence-corrected chi connectivity index (χ1v) is 10.8. The van der Waals surface area contributed by atoms with E-state index in [4.69, 9.17) is 4.42 Å². The van der Waals surface area contributed by atoms with Crippen LogP contribution in [0.15, 0.2) is 57.8 Å². The summed E-state index contributed by atoms with van der Waals surface area (Å²) in [6.45, 7) is 5.27. The standard InChI is InChI=1S/C21H23N3O4S/c1-14(2)29(26,27)18-9-7-16(8-10-18)13-20-23-24-21(28-20)22-19(25)12-17-6-4-5-15(3)11-17/h4-11,14H,12-13H2,1-3H3,(H,22,24,25). The van der Waals surface area contributed by atoms with Gasteiger partial charge in [0.15, 0.2) is 9.84 Å². The maximum absolute atomic E-state index is 12.2. The molecule has 0 unspecified atom stereocenters. The van der Waals surface area contributed by atoms with Gasteiger partial charge >= 0.3 is 6.01 Å². The Hall–Kier alpha value is -3.00. The molecule has 29 heavy (non-hydrogen) atoms. The second-order valence-corrected chi connectivity index (χ2v) is 9.63. The topological polar surface area (TPSA) is 102 Å². The van der Waals surface area contributed by atoms with Crippen LogP contribution in [0.4, 0.5) is 6.01 Å². The Morgan fingerprint density at radius 3 is 2.45 bits per heavy atom. The van der Waals surface area contributed by atoms with Crippen molar-refractivity contribution in [1.29, 1.82) is 0 Å². The Morgan fingerprint density at radius 1 is 1.07 bits per heavy atom. The van der Waals surface area contributed by atoms with Crippen LogP contribution in [-0.4, -0.2) is 29.8 Å². The van der Waals surface area contributed by atoms with Crippen molar-refractivity contribution in [2.75, 3.05) is 5.32 Å². The number of benzene rings is 2. The number of carbonyl (C=O) groups excluding carboxylic acids is 1. The van der Waals surface area contributed by atoms with Crippen LogP contribution in [0, 0.1) is 6.92 Å². The minimum atomic E-state index is -3.30. The third-order valence-corrected chi connectivity index (χ3v) is 6.56. The number of amides is 1. The quantitative estimate of drug-likeness (QED) is 0.637. The number of nitrogens with one attached hydrogen (secondary N) is 1. The average Bonchev–Trinajstić information content (AvgIpc) is 3.08. The van der Waals surface area contributed by atoms with Crippen LogP contribution >= 0.6 is 0 Å². The molecular formula is C21H23N3O4S. The number of sulfone groups is 1. The van der Waals surface area contributed by atoms with Gasteiger partial charge in [-0.25, -0.2) is 8.42 Å². The summed E-state index contributed by atoms with van der Waals surface area (Å²) in [5.41, 5.74) is 2.82. The first kappa shape index (κ1) is 20.7. The van der Waals surface area contributed by atoms with Crippen LogP contribution in [0.3, 0.4) is 0 Å². The molecule has 0 aliphatic carbocycles. The molecule has 1 heterocycles. The average molecular weight is 413 g/mol. The van der Waals surface area contributed by atoms with Gasteiger partial charge in [-0.1, -0.05) is 47.1 Å². The Balaban J connectivity index is 1.61. The highest BCUT2D eigenvalue weighted by atomic mass is 32.2. The Labute approximate surface area is 170 Å². The van der Waals surface area contributed by atoms with Gasteiger partial charge in [0.2, 0.25) is 11.8 Å². The van der Waals surface area contributed by atoms with E-state index in [0.29, 0.717) is 12.3 Å². The third kappa shape index (κ3) is 5.29. The van der Waals surface area contributed by atoms with Crippen LogP contribution in [-0.2, 0) is 27.5 Å². The number of hydrogen-bond donors (Lipinski definition) is 1. The molecule has 0 fully saturated rings. The summed E-state index contributed by atoms with van der Waals surface area (Å²) in [6.07, 6.45) is 0.550. The van der Waals surface area contributed by atoms with E-state index in [1.165, 1.54) is 0 Å². The van der Waals surface area contributed by atoms with E-state index in [0.717, 1.165) is 16.7 Å². The summed E-state index contributed by atoms with van der Waals surface area (Å²) in [5, 5.41) is 9.90. The molecule has 3 aromatic rings. The molecule has 7 nitrogen and oxygen atoms in total. The fourth-order valence-corrected chi connectivity index (χ4v) is 3.85. The number of aryl methyl sites for hydroxylation is 1. The van der Waals surface area contributed by atoms with Gasteiger partial charge in [0.05, 0.1) is 23.0 Å². The maximum atomic E-state index is 12.2. The fourth-order valence-electron chi connectivity index (χ4n) is 2.79. The first-order valence-electron chi connectivity index (χ1n) is 9.24. The lowest BCUT2D eigenvalue weighted by molar-refractivity contribution is -0.115. The number of aromatic nitrogens is 2. The largest absolute Gasteiger partial charge is 0.407 e. The van der Waals surface area contributed by atoms with E-state index in [9.17, 15) is 13.2 Å². The van der Waals surface area contributed by atoms with Gasteiger partial charge in [-0.3, -0.25) is 10.1 Å². The van der Waals surface area contributed by atoms with Gasteiger partial charge in [-0.2, -0.15) is 0 Å². The van der Waals surface area contributed by atoms with Crippen LogP contribution in [0.25, 0.3) is 0 Å². The molecule has 1 aromatic heterocycles. The van der Waals surface area contributed by atoms with Crippen molar-refractivity contribution in [2.24, 2.45) is 0 Å². The van der Waals surface area contributed by atoms with Crippen molar-refractivity contribution in [2.45, 2.75) is 43.8 Å². The molecule has 8 heteroatoms. The van der Waals surface area contributed by atoms with Crippen LogP contribution in [0.1, 0.15) is 36.4 Å². The van der Waals surface area contributed by atoms with E-state index >= 15 is 0 Å². The maximum Gasteiger partial charge on any atom is 0.322 e. The number of carbonyl (C=O) groups is 1. The smallest absolute Gasteiger partial charge is 0.322 e. The molecule has 0 saturated heterocycles. The van der Waals surface area contributed by atoms with E-state index in [1.807, 2.05) is 31.2 Å². The van der Waals surface area contributed by atoms with Gasteiger partial charge in [0.25, 0.3) is 0 Å². The Bertz CT molecular complexity index is 1100. The van der Waals surface area contributed by atoms with Crippen LogP contribution in [0.5, 0.6) is 0 Å². The minimum absolute atomic E-state index is 0.0386. The zero-order valence-corrected chi connectivity index (χ0v) is 17.4. The summed E-state index contributed by atoms with van der Waals surface area (Å²) in [5.74, 6) is 0.0874. The number of nitrogens with zero attached hydrogens (tertiary/aromatic N) is 2. The molecule has 0 atom stereocenters. The molecule has 0 bridgehead atoms. The van der Waals surface area contributed by atoms with Crippen molar-refractivity contribution in [1.82, 2.24) is 10.2 Å². The normalized spacial score (nSPS) is 11.6.